The van der Waals surface area contributed by atoms with Crippen molar-refractivity contribution in [2.45, 2.75) is 18.0 Å². The van der Waals surface area contributed by atoms with Gasteiger partial charge in [0.05, 0.1) is 23.3 Å². The molecule has 0 bridgehead atoms. The summed E-state index contributed by atoms with van der Waals surface area (Å²) in [5.74, 6) is -1.10. The monoisotopic (exact) mass is 403 g/mol. The molecule has 0 fully saturated rings. The number of ether oxygens (including phenoxy) is 1. The number of methoxy groups -OCH3 is 1. The van der Waals surface area contributed by atoms with Crippen molar-refractivity contribution in [1.29, 1.82) is 0 Å². The van der Waals surface area contributed by atoms with Crippen LogP contribution in [0.5, 0.6) is 5.75 Å². The number of anilines is 1. The lowest BCUT2D eigenvalue weighted by Crippen LogP contribution is -2.36. The summed E-state index contributed by atoms with van der Waals surface area (Å²) in [6, 6.07) is 7.32. The van der Waals surface area contributed by atoms with E-state index >= 15 is 0 Å². The molecule has 0 spiro atoms. The minimum absolute atomic E-state index is 0.264. The SMILES string of the molecule is COc1ccc(S(=O)(=O)N(CC(=O)O)c2cccc(C(F)(F)F)c2)cc1C. The molecule has 0 atom stereocenters. The standard InChI is InChI=1S/C17H16F3NO5S/c1-11-8-14(6-7-15(11)26-2)27(24,25)21(10-16(22)23)13-5-3-4-12(9-13)17(18,19)20/h3-9H,10H2,1-2H3,(H,22,23). The molecule has 0 radical (unpaired) electrons. The van der Waals surface area contributed by atoms with Gasteiger partial charge in [-0.05, 0) is 48.9 Å². The second-order valence-electron chi connectivity index (χ2n) is 5.58. The van der Waals surface area contributed by atoms with Crippen LogP contribution in [0.1, 0.15) is 11.1 Å². The summed E-state index contributed by atoms with van der Waals surface area (Å²) in [6.45, 7) is 0.554. The first-order chi connectivity index (χ1) is 12.5. The third-order valence-electron chi connectivity index (χ3n) is 3.69. The molecule has 0 unspecified atom stereocenters. The highest BCUT2D eigenvalue weighted by atomic mass is 32.2. The molecule has 6 nitrogen and oxygen atoms in total. The number of benzene rings is 2. The van der Waals surface area contributed by atoms with E-state index in [1.807, 2.05) is 0 Å². The maximum atomic E-state index is 13.0. The average molecular weight is 403 g/mol. The molecule has 2 aromatic rings. The molecule has 146 valence electrons. The molecule has 0 saturated carbocycles. The number of alkyl halides is 3. The van der Waals surface area contributed by atoms with Crippen LogP contribution in [-0.2, 0) is 21.0 Å². The zero-order valence-corrected chi connectivity index (χ0v) is 15.1. The Morgan fingerprint density at radius 3 is 2.37 bits per heavy atom. The number of carboxylic acids is 1. The molecule has 0 aliphatic heterocycles. The maximum Gasteiger partial charge on any atom is 0.416 e. The van der Waals surface area contributed by atoms with Gasteiger partial charge in [-0.15, -0.1) is 0 Å². The Morgan fingerprint density at radius 1 is 1.19 bits per heavy atom. The molecule has 2 aromatic carbocycles. The lowest BCUT2D eigenvalue weighted by Gasteiger charge is -2.24. The first-order valence-corrected chi connectivity index (χ1v) is 8.97. The number of aryl methyl sites for hydroxylation is 1. The molecule has 2 rings (SSSR count). The summed E-state index contributed by atoms with van der Waals surface area (Å²) >= 11 is 0. The topological polar surface area (TPSA) is 83.9 Å². The fourth-order valence-electron chi connectivity index (χ4n) is 2.41. The van der Waals surface area contributed by atoms with E-state index in [0.29, 0.717) is 21.7 Å². The molecule has 1 N–H and O–H groups in total. The van der Waals surface area contributed by atoms with Crippen molar-refractivity contribution in [1.82, 2.24) is 0 Å². The number of hydrogen-bond acceptors (Lipinski definition) is 4. The highest BCUT2D eigenvalue weighted by Crippen LogP contribution is 2.33. The number of sulfonamides is 1. The summed E-state index contributed by atoms with van der Waals surface area (Å²) in [5.41, 5.74) is -1.02. The van der Waals surface area contributed by atoms with Crippen LogP contribution in [0.15, 0.2) is 47.4 Å². The predicted octanol–water partition coefficient (Wildman–Crippen LogP) is 3.30. The van der Waals surface area contributed by atoms with E-state index < -0.39 is 40.0 Å². The van der Waals surface area contributed by atoms with Crippen molar-refractivity contribution in [2.24, 2.45) is 0 Å². The van der Waals surface area contributed by atoms with E-state index in [-0.39, 0.29) is 4.90 Å². The third-order valence-corrected chi connectivity index (χ3v) is 5.46. The van der Waals surface area contributed by atoms with Gasteiger partial charge in [-0.1, -0.05) is 6.07 Å². The second-order valence-corrected chi connectivity index (χ2v) is 7.45. The van der Waals surface area contributed by atoms with Crippen LogP contribution >= 0.6 is 0 Å². The van der Waals surface area contributed by atoms with E-state index in [9.17, 15) is 26.4 Å². The minimum Gasteiger partial charge on any atom is -0.496 e. The van der Waals surface area contributed by atoms with Gasteiger partial charge in [-0.2, -0.15) is 13.2 Å². The van der Waals surface area contributed by atoms with Crippen molar-refractivity contribution >= 4 is 21.7 Å². The van der Waals surface area contributed by atoms with Gasteiger partial charge in [0.2, 0.25) is 0 Å². The van der Waals surface area contributed by atoms with Crippen LogP contribution in [-0.4, -0.2) is 33.1 Å². The van der Waals surface area contributed by atoms with E-state index in [1.54, 1.807) is 6.92 Å². The van der Waals surface area contributed by atoms with Crippen LogP contribution in [0.2, 0.25) is 0 Å². The van der Waals surface area contributed by atoms with Crippen molar-refractivity contribution in [3.63, 3.8) is 0 Å². The van der Waals surface area contributed by atoms with E-state index in [2.05, 4.69) is 0 Å². The molecule has 27 heavy (non-hydrogen) atoms. The first kappa shape index (κ1) is 20.6. The van der Waals surface area contributed by atoms with Gasteiger partial charge in [0.15, 0.2) is 0 Å². The zero-order chi connectivity index (χ0) is 20.4. The van der Waals surface area contributed by atoms with Crippen LogP contribution in [0.3, 0.4) is 0 Å². The van der Waals surface area contributed by atoms with Crippen molar-refractivity contribution in [3.05, 3.63) is 53.6 Å². The minimum atomic E-state index is -4.70. The van der Waals surface area contributed by atoms with Crippen LogP contribution in [0, 0.1) is 6.92 Å². The number of hydrogen-bond donors (Lipinski definition) is 1. The van der Waals surface area contributed by atoms with Gasteiger partial charge in [0.1, 0.15) is 12.3 Å². The maximum absolute atomic E-state index is 13.0. The predicted molar refractivity (Wildman–Crippen MR) is 91.3 cm³/mol. The molecule has 10 heteroatoms. The summed E-state index contributed by atoms with van der Waals surface area (Å²) in [6.07, 6.45) is -4.70. The smallest absolute Gasteiger partial charge is 0.416 e. The van der Waals surface area contributed by atoms with Crippen molar-refractivity contribution < 1.29 is 36.2 Å². The summed E-state index contributed by atoms with van der Waals surface area (Å²) in [5, 5.41) is 9.07. The average Bonchev–Trinajstić information content (AvgIpc) is 2.58. The Kier molecular flexibility index (Phi) is 5.69. The number of carboxylic acid groups (broad SMARTS) is 1. The number of carbonyl (C=O) groups is 1. The molecule has 0 aliphatic rings. The highest BCUT2D eigenvalue weighted by Gasteiger charge is 2.33. The highest BCUT2D eigenvalue weighted by molar-refractivity contribution is 7.92. The van der Waals surface area contributed by atoms with Crippen LogP contribution < -0.4 is 9.04 Å². The quantitative estimate of drug-likeness (QED) is 0.800. The Hall–Kier alpha value is -2.75. The van der Waals surface area contributed by atoms with Crippen molar-refractivity contribution in [3.8, 4) is 5.75 Å². The molecule has 0 aliphatic carbocycles. The normalized spacial score (nSPS) is 11.9. The van der Waals surface area contributed by atoms with E-state index in [0.717, 1.165) is 18.2 Å². The lowest BCUT2D eigenvalue weighted by molar-refractivity contribution is -0.137. The van der Waals surface area contributed by atoms with Gasteiger partial charge < -0.3 is 9.84 Å². The summed E-state index contributed by atoms with van der Waals surface area (Å²) in [7, 11) is -3.03. The fourth-order valence-corrected chi connectivity index (χ4v) is 3.91. The number of rotatable bonds is 6. The molecular formula is C17H16F3NO5S. The van der Waals surface area contributed by atoms with Gasteiger partial charge in [0.25, 0.3) is 10.0 Å². The van der Waals surface area contributed by atoms with E-state index in [4.69, 9.17) is 9.84 Å². The Labute approximate surface area is 153 Å². The first-order valence-electron chi connectivity index (χ1n) is 7.53. The third kappa shape index (κ3) is 4.51. The lowest BCUT2D eigenvalue weighted by atomic mass is 10.2. The van der Waals surface area contributed by atoms with Crippen LogP contribution in [0.25, 0.3) is 0 Å². The van der Waals surface area contributed by atoms with Gasteiger partial charge >= 0.3 is 12.1 Å². The molecule has 0 heterocycles. The summed E-state index contributed by atoms with van der Waals surface area (Å²) < 4.78 is 70.2. The number of aliphatic carboxylic acids is 1. The molecule has 0 amide bonds. The Bertz CT molecular complexity index is 957. The molecule has 0 aromatic heterocycles. The second kappa shape index (κ2) is 7.47. The summed E-state index contributed by atoms with van der Waals surface area (Å²) in [4.78, 5) is 10.9. The fraction of sp³-hybridized carbons (Fsp3) is 0.235. The molecule has 0 saturated heterocycles. The van der Waals surface area contributed by atoms with Crippen LogP contribution in [0.4, 0.5) is 18.9 Å². The van der Waals surface area contributed by atoms with Gasteiger partial charge in [-0.3, -0.25) is 9.10 Å². The number of halogens is 3. The van der Waals surface area contributed by atoms with Gasteiger partial charge in [-0.25, -0.2) is 8.42 Å². The molecular weight excluding hydrogens is 387 g/mol. The number of nitrogens with zero attached hydrogens (tertiary/aromatic N) is 1. The Balaban J connectivity index is 2.59. The van der Waals surface area contributed by atoms with E-state index in [1.165, 1.54) is 25.3 Å². The Morgan fingerprint density at radius 2 is 1.85 bits per heavy atom. The zero-order valence-electron chi connectivity index (χ0n) is 14.3. The van der Waals surface area contributed by atoms with Gasteiger partial charge in [0, 0.05) is 0 Å². The van der Waals surface area contributed by atoms with Crippen molar-refractivity contribution in [2.75, 3.05) is 18.0 Å². The largest absolute Gasteiger partial charge is 0.496 e.